The fourth-order valence-electron chi connectivity index (χ4n) is 8.67. The summed E-state index contributed by atoms with van der Waals surface area (Å²) in [6.07, 6.45) is 12.5. The van der Waals surface area contributed by atoms with Crippen molar-refractivity contribution < 1.29 is 10.2 Å². The Kier molecular flexibility index (Phi) is 6.26. The molecule has 2 heteroatoms. The minimum atomic E-state index is -0.303. The largest absolute Gasteiger partial charge is 0.393 e. The van der Waals surface area contributed by atoms with Gasteiger partial charge in [0.25, 0.3) is 0 Å². The summed E-state index contributed by atoms with van der Waals surface area (Å²) in [7, 11) is 0. The van der Waals surface area contributed by atoms with Gasteiger partial charge in [-0.2, -0.15) is 0 Å². The third kappa shape index (κ3) is 3.62. The highest BCUT2D eigenvalue weighted by atomic mass is 16.3. The predicted octanol–water partition coefficient (Wildman–Crippen LogP) is 6.61. The fraction of sp³-hybridized carbons (Fsp3) is 0.929. The van der Waals surface area contributed by atoms with Crippen molar-refractivity contribution in [3.8, 4) is 0 Å². The summed E-state index contributed by atoms with van der Waals surface area (Å²) in [5, 5.41) is 21.5. The van der Waals surface area contributed by atoms with Gasteiger partial charge in [-0.15, -0.1) is 0 Å². The molecular weight excluding hydrogens is 368 g/mol. The minimum absolute atomic E-state index is 0.202. The van der Waals surface area contributed by atoms with Crippen molar-refractivity contribution in [1.82, 2.24) is 0 Å². The number of aliphatic hydroxyl groups is 2. The highest BCUT2D eigenvalue weighted by Crippen LogP contribution is 2.67. The van der Waals surface area contributed by atoms with Crippen LogP contribution >= 0.6 is 0 Å². The number of hydrogen-bond donors (Lipinski definition) is 2. The van der Waals surface area contributed by atoms with E-state index in [1.54, 1.807) is 0 Å². The van der Waals surface area contributed by atoms with Gasteiger partial charge in [-0.05, 0) is 97.2 Å². The first-order valence-corrected chi connectivity index (χ1v) is 13.1. The molecule has 0 radical (unpaired) electrons. The number of aliphatic hydroxyl groups excluding tert-OH is 2. The summed E-state index contributed by atoms with van der Waals surface area (Å²) in [5.74, 6) is 4.92. The smallest absolute Gasteiger partial charge is 0.0757 e. The second-order valence-electron chi connectivity index (χ2n) is 12.8. The van der Waals surface area contributed by atoms with E-state index in [1.165, 1.54) is 44.1 Å². The molecule has 0 aromatic carbocycles. The quantitative estimate of drug-likeness (QED) is 0.495. The highest BCUT2D eigenvalue weighted by molar-refractivity contribution is 5.27. The molecule has 172 valence electrons. The van der Waals surface area contributed by atoms with E-state index in [9.17, 15) is 10.2 Å². The molecule has 0 spiro atoms. The van der Waals surface area contributed by atoms with E-state index < -0.39 is 0 Å². The molecule has 0 bridgehead atoms. The average Bonchev–Trinajstić information content (AvgIpc) is 3.04. The molecule has 2 N–H and O–H groups in total. The van der Waals surface area contributed by atoms with Crippen molar-refractivity contribution in [2.75, 3.05) is 0 Å². The molecule has 4 aliphatic rings. The van der Waals surface area contributed by atoms with E-state index in [0.29, 0.717) is 23.2 Å². The normalized spacial score (nSPS) is 47.8. The van der Waals surface area contributed by atoms with Gasteiger partial charge in [0.1, 0.15) is 0 Å². The average molecular weight is 417 g/mol. The van der Waals surface area contributed by atoms with Crippen LogP contribution in [0.3, 0.4) is 0 Å². The van der Waals surface area contributed by atoms with Gasteiger partial charge in [0.15, 0.2) is 0 Å². The standard InChI is InChI=1S/C28H48O2/c1-17(2)18(3)7-8-19(4)22-9-10-23-26-24(12-14-28(22,23)6)27(5)13-11-21(29)15-20(27)16-25(26)30/h16-19,21-26,29-30H,7-15H2,1-6H3/t18-,19+,21?,22+,23-,24-,25?,26-,27-,28+/m0/s1. The lowest BCUT2D eigenvalue weighted by molar-refractivity contribution is -0.0971. The fourth-order valence-corrected chi connectivity index (χ4v) is 8.67. The second-order valence-corrected chi connectivity index (χ2v) is 12.8. The van der Waals surface area contributed by atoms with Crippen LogP contribution in [0.5, 0.6) is 0 Å². The molecule has 4 aliphatic carbocycles. The molecule has 0 amide bonds. The van der Waals surface area contributed by atoms with Crippen LogP contribution in [0.1, 0.15) is 99.3 Å². The van der Waals surface area contributed by atoms with Crippen LogP contribution in [0, 0.1) is 52.3 Å². The van der Waals surface area contributed by atoms with Crippen LogP contribution in [0.25, 0.3) is 0 Å². The molecule has 0 aliphatic heterocycles. The van der Waals surface area contributed by atoms with E-state index in [2.05, 4.69) is 47.6 Å². The monoisotopic (exact) mass is 416 g/mol. The SMILES string of the molecule is CC(C)[C@@H](C)CC[C@@H](C)[C@H]1CC[C@H]2[C@@H]3C(O)C=C4CC(O)CC[C@]4(C)[C@H]3CC[C@]12C. The highest BCUT2D eigenvalue weighted by Gasteiger charge is 2.61. The minimum Gasteiger partial charge on any atom is -0.393 e. The summed E-state index contributed by atoms with van der Waals surface area (Å²) in [5.41, 5.74) is 1.98. The Bertz CT molecular complexity index is 653. The van der Waals surface area contributed by atoms with E-state index in [0.717, 1.165) is 42.9 Å². The van der Waals surface area contributed by atoms with E-state index in [4.69, 9.17) is 0 Å². The summed E-state index contributed by atoms with van der Waals surface area (Å²) >= 11 is 0. The number of rotatable bonds is 5. The van der Waals surface area contributed by atoms with Crippen LogP contribution in [0.4, 0.5) is 0 Å². The molecule has 0 aromatic rings. The van der Waals surface area contributed by atoms with Crippen molar-refractivity contribution in [1.29, 1.82) is 0 Å². The van der Waals surface area contributed by atoms with Crippen LogP contribution in [-0.4, -0.2) is 22.4 Å². The summed E-state index contributed by atoms with van der Waals surface area (Å²) < 4.78 is 0. The van der Waals surface area contributed by atoms with Gasteiger partial charge in [-0.1, -0.05) is 66.0 Å². The maximum Gasteiger partial charge on any atom is 0.0757 e. The third-order valence-electron chi connectivity index (χ3n) is 11.1. The summed E-state index contributed by atoms with van der Waals surface area (Å²) in [4.78, 5) is 0. The molecule has 30 heavy (non-hydrogen) atoms. The zero-order valence-corrected chi connectivity index (χ0v) is 20.5. The van der Waals surface area contributed by atoms with Crippen LogP contribution in [-0.2, 0) is 0 Å². The Morgan fingerprint density at radius 1 is 0.933 bits per heavy atom. The predicted molar refractivity (Wildman–Crippen MR) is 125 cm³/mol. The van der Waals surface area contributed by atoms with Crippen molar-refractivity contribution in [2.24, 2.45) is 52.3 Å². The van der Waals surface area contributed by atoms with Crippen molar-refractivity contribution in [3.05, 3.63) is 11.6 Å². The second kappa shape index (κ2) is 8.22. The van der Waals surface area contributed by atoms with Crippen molar-refractivity contribution in [2.45, 2.75) is 112 Å². The lowest BCUT2D eigenvalue weighted by atomic mass is 9.46. The molecule has 0 aromatic heterocycles. The summed E-state index contributed by atoms with van der Waals surface area (Å²) in [6.45, 7) is 14.7. The van der Waals surface area contributed by atoms with Gasteiger partial charge >= 0.3 is 0 Å². The number of fused-ring (bicyclic) bond motifs is 5. The first kappa shape index (κ1) is 22.8. The van der Waals surface area contributed by atoms with E-state index in [-0.39, 0.29) is 17.6 Å². The molecule has 0 saturated heterocycles. The molecule has 2 unspecified atom stereocenters. The molecule has 0 heterocycles. The van der Waals surface area contributed by atoms with Gasteiger partial charge in [0, 0.05) is 0 Å². The Morgan fingerprint density at radius 3 is 2.37 bits per heavy atom. The zero-order valence-electron chi connectivity index (χ0n) is 20.5. The maximum absolute atomic E-state index is 11.3. The van der Waals surface area contributed by atoms with Crippen molar-refractivity contribution in [3.63, 3.8) is 0 Å². The Hall–Kier alpha value is -0.340. The van der Waals surface area contributed by atoms with Gasteiger partial charge in [-0.25, -0.2) is 0 Å². The van der Waals surface area contributed by atoms with Gasteiger partial charge in [-0.3, -0.25) is 0 Å². The van der Waals surface area contributed by atoms with E-state index >= 15 is 0 Å². The first-order chi connectivity index (χ1) is 14.1. The molecule has 3 saturated carbocycles. The molecule has 3 fully saturated rings. The van der Waals surface area contributed by atoms with Gasteiger partial charge < -0.3 is 10.2 Å². The first-order valence-electron chi connectivity index (χ1n) is 13.1. The Labute approximate surface area is 185 Å². The lowest BCUT2D eigenvalue weighted by Crippen LogP contribution is -2.54. The lowest BCUT2D eigenvalue weighted by Gasteiger charge is -2.59. The number of hydrogen-bond acceptors (Lipinski definition) is 2. The topological polar surface area (TPSA) is 40.5 Å². The zero-order chi connectivity index (χ0) is 21.8. The van der Waals surface area contributed by atoms with Crippen LogP contribution in [0.2, 0.25) is 0 Å². The molecule has 2 nitrogen and oxygen atoms in total. The molecule has 4 rings (SSSR count). The van der Waals surface area contributed by atoms with Crippen LogP contribution < -0.4 is 0 Å². The Balaban J connectivity index is 1.53. The van der Waals surface area contributed by atoms with E-state index in [1.807, 2.05) is 0 Å². The maximum atomic E-state index is 11.3. The van der Waals surface area contributed by atoms with Gasteiger partial charge in [0.2, 0.25) is 0 Å². The molecule has 10 atom stereocenters. The van der Waals surface area contributed by atoms with Gasteiger partial charge in [0.05, 0.1) is 12.2 Å². The third-order valence-corrected chi connectivity index (χ3v) is 11.1. The summed E-state index contributed by atoms with van der Waals surface area (Å²) in [6, 6.07) is 0. The Morgan fingerprint density at radius 2 is 1.67 bits per heavy atom. The molecular formula is C28H48O2. The van der Waals surface area contributed by atoms with Crippen molar-refractivity contribution >= 4 is 0 Å². The van der Waals surface area contributed by atoms with Crippen LogP contribution in [0.15, 0.2) is 11.6 Å².